The van der Waals surface area contributed by atoms with Crippen LogP contribution in [0.4, 0.5) is 13.2 Å². The van der Waals surface area contributed by atoms with Crippen molar-refractivity contribution in [1.29, 1.82) is 0 Å². The SMILES string of the molecule is C=C(C)C(=O)OC1CC1C(CC)(CC)OC(C)C(C)(O)C(F)(F)F. The third-order valence-electron chi connectivity index (χ3n) is 4.99. The van der Waals surface area contributed by atoms with Crippen LogP contribution in [0.15, 0.2) is 12.2 Å². The van der Waals surface area contributed by atoms with Crippen LogP contribution in [0, 0.1) is 5.92 Å². The van der Waals surface area contributed by atoms with Crippen LogP contribution >= 0.6 is 0 Å². The van der Waals surface area contributed by atoms with E-state index in [1.54, 1.807) is 0 Å². The maximum absolute atomic E-state index is 13.0. The molecule has 0 radical (unpaired) electrons. The van der Waals surface area contributed by atoms with Gasteiger partial charge < -0.3 is 14.6 Å². The molecule has 4 atom stereocenters. The Kier molecular flexibility index (Phi) is 6.15. The van der Waals surface area contributed by atoms with Crippen LogP contribution in [0.2, 0.25) is 0 Å². The van der Waals surface area contributed by atoms with Gasteiger partial charge in [-0.1, -0.05) is 20.4 Å². The zero-order valence-electron chi connectivity index (χ0n) is 14.9. The second-order valence-corrected chi connectivity index (χ2v) is 6.74. The quantitative estimate of drug-likeness (QED) is 0.534. The summed E-state index contributed by atoms with van der Waals surface area (Å²) in [6.07, 6.45) is -5.20. The van der Waals surface area contributed by atoms with Gasteiger partial charge >= 0.3 is 12.1 Å². The number of hydrogen-bond acceptors (Lipinski definition) is 4. The molecule has 0 aliphatic heterocycles. The van der Waals surface area contributed by atoms with E-state index in [9.17, 15) is 23.1 Å². The predicted octanol–water partition coefficient (Wildman–Crippen LogP) is 3.77. The lowest BCUT2D eigenvalue weighted by atomic mass is 9.89. The van der Waals surface area contributed by atoms with Gasteiger partial charge in [0.25, 0.3) is 0 Å². The predicted molar refractivity (Wildman–Crippen MR) is 83.3 cm³/mol. The van der Waals surface area contributed by atoms with Crippen LogP contribution < -0.4 is 0 Å². The summed E-state index contributed by atoms with van der Waals surface area (Å²) in [7, 11) is 0. The smallest absolute Gasteiger partial charge is 0.419 e. The van der Waals surface area contributed by atoms with E-state index in [1.165, 1.54) is 13.8 Å². The molecule has 4 nitrogen and oxygen atoms in total. The maximum atomic E-state index is 13.0. The highest BCUT2D eigenvalue weighted by atomic mass is 19.4. The van der Waals surface area contributed by atoms with Crippen molar-refractivity contribution in [3.8, 4) is 0 Å². The topological polar surface area (TPSA) is 55.8 Å². The first-order chi connectivity index (χ1) is 10.8. The largest absolute Gasteiger partial charge is 0.459 e. The fourth-order valence-electron chi connectivity index (χ4n) is 2.82. The standard InChI is InChI=1S/C17H27F3O4/c1-7-16(8-2,12-9-13(12)23-14(21)10(3)4)24-11(5)15(6,22)17(18,19)20/h11-13,22H,3,7-9H2,1-2,4-6H3. The molecule has 4 unspecified atom stereocenters. The zero-order chi connectivity index (χ0) is 18.9. The highest BCUT2D eigenvalue weighted by molar-refractivity contribution is 5.87. The van der Waals surface area contributed by atoms with Crippen molar-refractivity contribution < 1.29 is 32.5 Å². The molecule has 0 bridgehead atoms. The Bertz CT molecular complexity index is 481. The van der Waals surface area contributed by atoms with Crippen LogP contribution in [-0.2, 0) is 14.3 Å². The normalized spacial score (nSPS) is 24.9. The first-order valence-electron chi connectivity index (χ1n) is 8.15. The van der Waals surface area contributed by atoms with Gasteiger partial charge in [-0.2, -0.15) is 13.2 Å². The van der Waals surface area contributed by atoms with Gasteiger partial charge in [0.15, 0.2) is 5.60 Å². The molecule has 7 heteroatoms. The fourth-order valence-corrected chi connectivity index (χ4v) is 2.82. The molecule has 24 heavy (non-hydrogen) atoms. The summed E-state index contributed by atoms with van der Waals surface area (Å²) in [5, 5.41) is 9.81. The van der Waals surface area contributed by atoms with Crippen molar-refractivity contribution in [2.75, 3.05) is 0 Å². The molecule has 0 amide bonds. The first kappa shape index (κ1) is 21.0. The van der Waals surface area contributed by atoms with E-state index >= 15 is 0 Å². The van der Waals surface area contributed by atoms with Gasteiger partial charge in [0.1, 0.15) is 6.10 Å². The summed E-state index contributed by atoms with van der Waals surface area (Å²) in [4.78, 5) is 11.6. The average molecular weight is 352 g/mol. The van der Waals surface area contributed by atoms with Crippen molar-refractivity contribution in [3.63, 3.8) is 0 Å². The number of carbonyl (C=O) groups excluding carboxylic acids is 1. The van der Waals surface area contributed by atoms with Crippen molar-refractivity contribution >= 4 is 5.97 Å². The van der Waals surface area contributed by atoms with Gasteiger partial charge in [-0.25, -0.2) is 4.79 Å². The average Bonchev–Trinajstić information content (AvgIpc) is 3.22. The van der Waals surface area contributed by atoms with E-state index in [4.69, 9.17) is 9.47 Å². The Morgan fingerprint density at radius 2 is 1.83 bits per heavy atom. The van der Waals surface area contributed by atoms with Crippen LogP contribution in [0.5, 0.6) is 0 Å². The highest BCUT2D eigenvalue weighted by Gasteiger charge is 2.59. The van der Waals surface area contributed by atoms with Crippen molar-refractivity contribution in [3.05, 3.63) is 12.2 Å². The summed E-state index contributed by atoms with van der Waals surface area (Å²) in [6, 6.07) is 0. The lowest BCUT2D eigenvalue weighted by Gasteiger charge is -2.41. The number of carbonyl (C=O) groups is 1. The maximum Gasteiger partial charge on any atom is 0.419 e. The first-order valence-corrected chi connectivity index (χ1v) is 8.15. The summed E-state index contributed by atoms with van der Waals surface area (Å²) in [5.41, 5.74) is -3.57. The molecule has 1 N–H and O–H groups in total. The molecule has 140 valence electrons. The van der Waals surface area contributed by atoms with E-state index in [2.05, 4.69) is 6.58 Å². The van der Waals surface area contributed by atoms with Gasteiger partial charge in [-0.3, -0.25) is 0 Å². The van der Waals surface area contributed by atoms with E-state index < -0.39 is 35.6 Å². The van der Waals surface area contributed by atoms with E-state index in [0.717, 1.165) is 0 Å². The van der Waals surface area contributed by atoms with Crippen LogP contribution in [0.25, 0.3) is 0 Å². The highest BCUT2D eigenvalue weighted by Crippen LogP contribution is 2.50. The minimum Gasteiger partial charge on any atom is -0.459 e. The van der Waals surface area contributed by atoms with E-state index in [1.807, 2.05) is 13.8 Å². The third kappa shape index (κ3) is 4.11. The minimum absolute atomic E-state index is 0.192. The number of rotatable bonds is 8. The lowest BCUT2D eigenvalue weighted by Crippen LogP contribution is -2.55. The number of ether oxygens (including phenoxy) is 2. The van der Waals surface area contributed by atoms with Crippen LogP contribution in [0.1, 0.15) is 53.9 Å². The number of aliphatic hydroxyl groups is 1. The van der Waals surface area contributed by atoms with Crippen molar-refractivity contribution in [2.45, 2.75) is 83.5 Å². The molecule has 0 heterocycles. The van der Waals surface area contributed by atoms with Crippen LogP contribution in [0.3, 0.4) is 0 Å². The lowest BCUT2D eigenvalue weighted by molar-refractivity contribution is -0.301. The Morgan fingerprint density at radius 1 is 1.33 bits per heavy atom. The molecule has 0 aromatic rings. The summed E-state index contributed by atoms with van der Waals surface area (Å²) < 4.78 is 50.1. The summed E-state index contributed by atoms with van der Waals surface area (Å²) in [5.74, 6) is -0.707. The number of halogens is 3. The second kappa shape index (κ2) is 7.04. The van der Waals surface area contributed by atoms with Gasteiger partial charge in [-0.05, 0) is 40.0 Å². The zero-order valence-corrected chi connectivity index (χ0v) is 14.9. The van der Waals surface area contributed by atoms with Crippen LogP contribution in [-0.4, -0.2) is 40.7 Å². The molecule has 1 fully saturated rings. The molecule has 1 rings (SSSR count). The molecule has 1 saturated carbocycles. The molecule has 1 aliphatic rings. The fraction of sp³-hybridized carbons (Fsp3) is 0.824. The Morgan fingerprint density at radius 3 is 2.21 bits per heavy atom. The monoisotopic (exact) mass is 352 g/mol. The third-order valence-corrected chi connectivity index (χ3v) is 4.99. The van der Waals surface area contributed by atoms with E-state index in [0.29, 0.717) is 26.2 Å². The molecule has 0 aromatic carbocycles. The molecule has 0 saturated heterocycles. The Hall–Kier alpha value is -1.08. The number of esters is 1. The van der Waals surface area contributed by atoms with Crippen molar-refractivity contribution in [2.24, 2.45) is 5.92 Å². The number of hydrogen-bond donors (Lipinski definition) is 1. The summed E-state index contributed by atoms with van der Waals surface area (Å²) >= 11 is 0. The van der Waals surface area contributed by atoms with Crippen molar-refractivity contribution in [1.82, 2.24) is 0 Å². The molecule has 0 spiro atoms. The Labute approximate surface area is 141 Å². The number of alkyl halides is 3. The molecular formula is C17H27F3O4. The second-order valence-electron chi connectivity index (χ2n) is 6.74. The molecular weight excluding hydrogens is 325 g/mol. The van der Waals surface area contributed by atoms with Gasteiger partial charge in [0, 0.05) is 11.5 Å². The molecule has 0 aromatic heterocycles. The van der Waals surface area contributed by atoms with Gasteiger partial charge in [0.05, 0.1) is 11.7 Å². The minimum atomic E-state index is -4.80. The van der Waals surface area contributed by atoms with Gasteiger partial charge in [0.2, 0.25) is 0 Å². The van der Waals surface area contributed by atoms with E-state index in [-0.39, 0.29) is 11.5 Å². The Balaban J connectivity index is 2.87. The summed E-state index contributed by atoms with van der Waals surface area (Å²) in [6.45, 7) is 10.6. The molecule has 1 aliphatic carbocycles. The van der Waals surface area contributed by atoms with Gasteiger partial charge in [-0.15, -0.1) is 0 Å².